The van der Waals surface area contributed by atoms with E-state index in [1.165, 1.54) is 21.3 Å². The van der Waals surface area contributed by atoms with Gasteiger partial charge in [0, 0.05) is 31.9 Å². The fourth-order valence-corrected chi connectivity index (χ4v) is 2.67. The first kappa shape index (κ1) is 17.4. The van der Waals surface area contributed by atoms with Gasteiger partial charge in [0.2, 0.25) is 0 Å². The molecule has 3 aromatic rings. The van der Waals surface area contributed by atoms with Gasteiger partial charge in [0.05, 0.1) is 11.0 Å². The Morgan fingerprint density at radius 3 is 2.42 bits per heavy atom. The highest BCUT2D eigenvalue weighted by molar-refractivity contribution is 6.39. The third-order valence-electron chi connectivity index (χ3n) is 4.13. The van der Waals surface area contributed by atoms with Crippen LogP contribution in [0.1, 0.15) is 5.56 Å². The minimum atomic E-state index is -0.879. The van der Waals surface area contributed by atoms with Crippen LogP contribution in [-0.4, -0.2) is 20.9 Å². The van der Waals surface area contributed by atoms with Gasteiger partial charge in [-0.05, 0) is 24.3 Å². The average Bonchev–Trinajstić information content (AvgIpc) is 2.85. The summed E-state index contributed by atoms with van der Waals surface area (Å²) in [4.78, 5) is 35.9. The Morgan fingerprint density at radius 1 is 1.00 bits per heavy atom. The van der Waals surface area contributed by atoms with E-state index in [4.69, 9.17) is 0 Å². The van der Waals surface area contributed by atoms with Crippen molar-refractivity contribution >= 4 is 28.5 Å². The van der Waals surface area contributed by atoms with Crippen LogP contribution in [0.4, 0.5) is 10.1 Å². The average molecular weight is 356 g/mol. The van der Waals surface area contributed by atoms with Crippen molar-refractivity contribution in [2.45, 2.75) is 6.54 Å². The molecular formula is C18H17FN4O3. The molecule has 0 spiro atoms. The van der Waals surface area contributed by atoms with Crippen LogP contribution in [0.3, 0.4) is 0 Å². The van der Waals surface area contributed by atoms with Gasteiger partial charge in [-0.3, -0.25) is 18.7 Å². The van der Waals surface area contributed by atoms with Gasteiger partial charge in [-0.15, -0.1) is 0 Å². The number of amides is 2. The molecule has 134 valence electrons. The molecule has 0 atom stereocenters. The lowest BCUT2D eigenvalue weighted by Gasteiger charge is -2.08. The highest BCUT2D eigenvalue weighted by Gasteiger charge is 2.15. The van der Waals surface area contributed by atoms with Crippen molar-refractivity contribution in [1.29, 1.82) is 0 Å². The predicted molar refractivity (Wildman–Crippen MR) is 95.0 cm³/mol. The number of halogens is 1. The summed E-state index contributed by atoms with van der Waals surface area (Å²) < 4.78 is 16.5. The molecule has 1 aromatic heterocycles. The molecular weight excluding hydrogens is 339 g/mol. The van der Waals surface area contributed by atoms with Gasteiger partial charge in [-0.25, -0.2) is 9.18 Å². The number of carbonyl (C=O) groups excluding carboxylic acids is 2. The Labute approximate surface area is 148 Å². The first-order chi connectivity index (χ1) is 12.4. The fourth-order valence-electron chi connectivity index (χ4n) is 2.67. The minimum absolute atomic E-state index is 0.0921. The van der Waals surface area contributed by atoms with E-state index in [-0.39, 0.29) is 17.8 Å². The molecule has 8 heteroatoms. The van der Waals surface area contributed by atoms with Crippen molar-refractivity contribution in [2.75, 3.05) is 5.32 Å². The van der Waals surface area contributed by atoms with E-state index < -0.39 is 17.6 Å². The van der Waals surface area contributed by atoms with Crippen molar-refractivity contribution < 1.29 is 14.0 Å². The fraction of sp³-hybridized carbons (Fsp3) is 0.167. The molecule has 2 aromatic carbocycles. The monoisotopic (exact) mass is 356 g/mol. The van der Waals surface area contributed by atoms with Crippen LogP contribution in [0.25, 0.3) is 11.0 Å². The minimum Gasteiger partial charge on any atom is -0.344 e. The van der Waals surface area contributed by atoms with Gasteiger partial charge >= 0.3 is 17.5 Å². The third kappa shape index (κ3) is 3.21. The van der Waals surface area contributed by atoms with E-state index in [0.29, 0.717) is 16.7 Å². The summed E-state index contributed by atoms with van der Waals surface area (Å²) in [6.07, 6.45) is 0. The van der Waals surface area contributed by atoms with E-state index >= 15 is 0 Å². The number of anilines is 1. The van der Waals surface area contributed by atoms with Gasteiger partial charge in [-0.1, -0.05) is 18.2 Å². The number of nitrogens with zero attached hydrogens (tertiary/aromatic N) is 2. The highest BCUT2D eigenvalue weighted by atomic mass is 19.1. The number of fused-ring (bicyclic) bond motifs is 1. The number of hydrogen-bond acceptors (Lipinski definition) is 3. The quantitative estimate of drug-likeness (QED) is 0.693. The lowest BCUT2D eigenvalue weighted by molar-refractivity contribution is -0.136. The van der Waals surface area contributed by atoms with Gasteiger partial charge in [-0.2, -0.15) is 0 Å². The van der Waals surface area contributed by atoms with Crippen LogP contribution >= 0.6 is 0 Å². The van der Waals surface area contributed by atoms with E-state index in [1.54, 1.807) is 44.4 Å². The van der Waals surface area contributed by atoms with E-state index in [1.807, 2.05) is 0 Å². The molecule has 0 unspecified atom stereocenters. The Kier molecular flexibility index (Phi) is 4.57. The second kappa shape index (κ2) is 6.83. The number of imidazole rings is 1. The Hall–Kier alpha value is -3.42. The number of benzene rings is 2. The van der Waals surface area contributed by atoms with Crippen molar-refractivity contribution in [3.8, 4) is 0 Å². The van der Waals surface area contributed by atoms with Crippen molar-refractivity contribution in [2.24, 2.45) is 14.1 Å². The number of aromatic nitrogens is 2. The molecule has 0 fully saturated rings. The summed E-state index contributed by atoms with van der Waals surface area (Å²) in [6.45, 7) is -0.0921. The SMILES string of the molecule is Cn1c(=O)n(C)c2cc(NC(=O)C(=O)NCc3ccccc3F)ccc21. The molecule has 2 N–H and O–H groups in total. The van der Waals surface area contributed by atoms with Crippen LogP contribution in [0.2, 0.25) is 0 Å². The van der Waals surface area contributed by atoms with E-state index in [2.05, 4.69) is 10.6 Å². The molecule has 2 amide bonds. The maximum absolute atomic E-state index is 13.5. The molecule has 0 saturated heterocycles. The lowest BCUT2D eigenvalue weighted by Crippen LogP contribution is -2.35. The summed E-state index contributed by atoms with van der Waals surface area (Å²) in [7, 11) is 3.27. The van der Waals surface area contributed by atoms with Crippen molar-refractivity contribution in [1.82, 2.24) is 14.5 Å². The van der Waals surface area contributed by atoms with Crippen LogP contribution in [0.15, 0.2) is 47.3 Å². The van der Waals surface area contributed by atoms with Crippen LogP contribution in [0, 0.1) is 5.82 Å². The van der Waals surface area contributed by atoms with E-state index in [0.717, 1.165) is 0 Å². The van der Waals surface area contributed by atoms with Crippen LogP contribution in [-0.2, 0) is 30.2 Å². The Morgan fingerprint density at radius 2 is 1.69 bits per heavy atom. The Balaban J connectivity index is 1.70. The maximum Gasteiger partial charge on any atom is 0.328 e. The zero-order chi connectivity index (χ0) is 18.8. The molecule has 0 aliphatic carbocycles. The number of rotatable bonds is 3. The molecule has 0 radical (unpaired) electrons. The van der Waals surface area contributed by atoms with Crippen LogP contribution in [0.5, 0.6) is 0 Å². The zero-order valence-corrected chi connectivity index (χ0v) is 14.2. The maximum atomic E-state index is 13.5. The second-order valence-corrected chi connectivity index (χ2v) is 5.83. The normalized spacial score (nSPS) is 10.7. The number of aryl methyl sites for hydroxylation is 2. The smallest absolute Gasteiger partial charge is 0.328 e. The first-order valence-corrected chi connectivity index (χ1v) is 7.86. The van der Waals surface area contributed by atoms with Crippen molar-refractivity contribution in [3.05, 3.63) is 64.3 Å². The number of hydrogen-bond donors (Lipinski definition) is 2. The third-order valence-corrected chi connectivity index (χ3v) is 4.13. The zero-order valence-electron chi connectivity index (χ0n) is 14.2. The first-order valence-electron chi connectivity index (χ1n) is 7.86. The lowest BCUT2D eigenvalue weighted by atomic mass is 10.2. The summed E-state index contributed by atoms with van der Waals surface area (Å²) in [5, 5.41) is 4.84. The molecule has 0 bridgehead atoms. The number of carbonyl (C=O) groups is 2. The summed E-state index contributed by atoms with van der Waals surface area (Å²) in [5.74, 6) is -2.21. The Bertz CT molecular complexity index is 1070. The largest absolute Gasteiger partial charge is 0.344 e. The highest BCUT2D eigenvalue weighted by Crippen LogP contribution is 2.17. The second-order valence-electron chi connectivity index (χ2n) is 5.83. The summed E-state index contributed by atoms with van der Waals surface area (Å²) in [5.41, 5.74) is 1.81. The van der Waals surface area contributed by atoms with Gasteiger partial charge in [0.25, 0.3) is 0 Å². The molecule has 7 nitrogen and oxygen atoms in total. The van der Waals surface area contributed by atoms with Gasteiger partial charge in [0.15, 0.2) is 0 Å². The van der Waals surface area contributed by atoms with Gasteiger partial charge in [0.1, 0.15) is 5.82 Å². The van der Waals surface area contributed by atoms with E-state index in [9.17, 15) is 18.8 Å². The van der Waals surface area contributed by atoms with Crippen LogP contribution < -0.4 is 16.3 Å². The summed E-state index contributed by atoms with van der Waals surface area (Å²) in [6, 6.07) is 10.9. The van der Waals surface area contributed by atoms with Gasteiger partial charge < -0.3 is 10.6 Å². The topological polar surface area (TPSA) is 85.1 Å². The summed E-state index contributed by atoms with van der Waals surface area (Å²) >= 11 is 0. The van der Waals surface area contributed by atoms with Crippen molar-refractivity contribution in [3.63, 3.8) is 0 Å². The molecule has 3 rings (SSSR count). The standard InChI is InChI=1S/C18H17FN4O3/c1-22-14-8-7-12(9-15(14)23(2)18(22)26)21-17(25)16(24)20-10-11-5-3-4-6-13(11)19/h3-9H,10H2,1-2H3,(H,20,24)(H,21,25). The molecule has 0 aliphatic rings. The molecule has 0 aliphatic heterocycles. The molecule has 0 saturated carbocycles. The molecule has 1 heterocycles. The predicted octanol–water partition coefficient (Wildman–Crippen LogP) is 1.27. The number of nitrogens with one attached hydrogen (secondary N) is 2. The molecule has 26 heavy (non-hydrogen) atoms.